The minimum absolute atomic E-state index is 0.167. The van der Waals surface area contributed by atoms with Crippen molar-refractivity contribution in [1.29, 1.82) is 0 Å². The summed E-state index contributed by atoms with van der Waals surface area (Å²) in [6.45, 7) is 10.1. The summed E-state index contributed by atoms with van der Waals surface area (Å²) < 4.78 is 6.33. The Labute approximate surface area is 325 Å². The average Bonchev–Trinajstić information content (AvgIpc) is 3.64. The lowest BCUT2D eigenvalue weighted by atomic mass is 9.88. The van der Waals surface area contributed by atoms with E-state index < -0.39 is 0 Å². The molecule has 0 aliphatic carbocycles. The smallest absolute Gasteiger partial charge is 0.243 e. The molecule has 1 atom stereocenters. The zero-order valence-corrected chi connectivity index (χ0v) is 32.1. The number of hydrogen-bond acceptors (Lipinski definition) is 7. The first-order chi connectivity index (χ1) is 26.9. The monoisotopic (exact) mass is 738 g/mol. The lowest BCUT2D eigenvalue weighted by Crippen LogP contribution is -2.50. The lowest BCUT2D eigenvalue weighted by molar-refractivity contribution is -0.137. The van der Waals surface area contributed by atoms with E-state index in [1.165, 1.54) is 71.3 Å². The van der Waals surface area contributed by atoms with Crippen molar-refractivity contribution >= 4 is 28.6 Å². The largest absolute Gasteiger partial charge is 0.508 e. The third kappa shape index (κ3) is 8.66. The quantitative estimate of drug-likeness (QED) is 0.120. The number of anilines is 1. The van der Waals surface area contributed by atoms with E-state index in [2.05, 4.69) is 99.7 Å². The second-order valence-electron chi connectivity index (χ2n) is 16.0. The van der Waals surface area contributed by atoms with Crippen LogP contribution in [0, 0.1) is 11.8 Å². The highest BCUT2D eigenvalue weighted by Crippen LogP contribution is 2.37. The Kier molecular flexibility index (Phi) is 11.3. The van der Waals surface area contributed by atoms with Gasteiger partial charge in [-0.15, -0.1) is 0 Å². The molecule has 55 heavy (non-hydrogen) atoms. The van der Waals surface area contributed by atoms with Gasteiger partial charge in [0.05, 0.1) is 12.6 Å². The SMILES string of the molecule is CCC(=C(c1ccc(O)cc1)c1ccc(N2CCC(CN3CCC(COc4ccc5c(c4)CN(C4CCC(=O)NC4=O)C5)CC3)CC2)cc1)c1ccccc1. The molecule has 0 bridgehead atoms. The van der Waals surface area contributed by atoms with E-state index in [-0.39, 0.29) is 23.6 Å². The number of aromatic hydroxyl groups is 1. The van der Waals surface area contributed by atoms with Crippen LogP contribution in [0.5, 0.6) is 11.5 Å². The van der Waals surface area contributed by atoms with E-state index in [1.54, 1.807) is 12.1 Å². The predicted octanol–water partition coefficient (Wildman–Crippen LogP) is 7.89. The van der Waals surface area contributed by atoms with Crippen molar-refractivity contribution < 1.29 is 19.4 Å². The van der Waals surface area contributed by atoms with Gasteiger partial charge in [0.15, 0.2) is 0 Å². The predicted molar refractivity (Wildman–Crippen MR) is 219 cm³/mol. The highest BCUT2D eigenvalue weighted by atomic mass is 16.5. The van der Waals surface area contributed by atoms with E-state index >= 15 is 0 Å². The average molecular weight is 739 g/mol. The van der Waals surface area contributed by atoms with Gasteiger partial charge < -0.3 is 19.6 Å². The number of imide groups is 1. The molecule has 8 nitrogen and oxygen atoms in total. The highest BCUT2D eigenvalue weighted by Gasteiger charge is 2.35. The van der Waals surface area contributed by atoms with Gasteiger partial charge in [0.25, 0.3) is 0 Å². The van der Waals surface area contributed by atoms with Crippen LogP contribution in [0.2, 0.25) is 0 Å². The maximum atomic E-state index is 12.4. The maximum Gasteiger partial charge on any atom is 0.243 e. The normalized spacial score (nSPS) is 20.6. The number of hydrogen-bond donors (Lipinski definition) is 2. The van der Waals surface area contributed by atoms with Gasteiger partial charge in [0.1, 0.15) is 11.5 Å². The van der Waals surface area contributed by atoms with E-state index in [9.17, 15) is 14.7 Å². The van der Waals surface area contributed by atoms with Gasteiger partial charge in [-0.1, -0.05) is 67.6 Å². The van der Waals surface area contributed by atoms with Gasteiger partial charge in [-0.25, -0.2) is 0 Å². The van der Waals surface area contributed by atoms with Crippen molar-refractivity contribution in [3.63, 3.8) is 0 Å². The van der Waals surface area contributed by atoms with Gasteiger partial charge in [-0.3, -0.25) is 19.8 Å². The number of benzene rings is 4. The molecule has 4 aromatic rings. The van der Waals surface area contributed by atoms with Gasteiger partial charge in [-0.2, -0.15) is 0 Å². The Hall–Kier alpha value is -4.92. The number of carbonyl (C=O) groups excluding carboxylic acids is 2. The number of amides is 2. The van der Waals surface area contributed by atoms with Crippen LogP contribution in [-0.4, -0.2) is 72.1 Å². The maximum absolute atomic E-state index is 12.4. The van der Waals surface area contributed by atoms with Crippen molar-refractivity contribution in [2.45, 2.75) is 71.0 Å². The third-order valence-corrected chi connectivity index (χ3v) is 12.4. The molecule has 4 aliphatic rings. The summed E-state index contributed by atoms with van der Waals surface area (Å²) in [4.78, 5) is 31.4. The van der Waals surface area contributed by atoms with Crippen LogP contribution >= 0.6 is 0 Å². The Morgan fingerprint density at radius 2 is 1.42 bits per heavy atom. The molecule has 0 spiro atoms. The zero-order valence-electron chi connectivity index (χ0n) is 32.1. The summed E-state index contributed by atoms with van der Waals surface area (Å²) in [5.41, 5.74) is 9.83. The van der Waals surface area contributed by atoms with Crippen molar-refractivity contribution in [1.82, 2.24) is 15.1 Å². The standard InChI is InChI=1S/C47H54N4O4/c1-2-43(35-6-4-3-5-7-35)46(37-10-15-41(52)16-11-37)36-8-13-40(14-9-36)50-26-22-33(23-27-50)29-49-24-20-34(21-25-49)32-55-42-17-12-38-30-51(31-39(38)28-42)44-18-19-45(53)48-47(44)54/h3-17,28,33-34,44,52H,2,18-27,29-32H2,1H3,(H,48,53,54). The minimum Gasteiger partial charge on any atom is -0.508 e. The summed E-state index contributed by atoms with van der Waals surface area (Å²) in [5, 5.41) is 12.5. The van der Waals surface area contributed by atoms with Crippen LogP contribution < -0.4 is 15.0 Å². The van der Waals surface area contributed by atoms with E-state index in [0.717, 1.165) is 69.5 Å². The van der Waals surface area contributed by atoms with Crippen LogP contribution in [0.1, 0.15) is 79.7 Å². The highest BCUT2D eigenvalue weighted by molar-refractivity contribution is 6.00. The minimum atomic E-state index is -0.236. The second kappa shape index (κ2) is 16.8. The van der Waals surface area contributed by atoms with Gasteiger partial charge in [0.2, 0.25) is 11.8 Å². The first-order valence-corrected chi connectivity index (χ1v) is 20.4. The molecule has 2 amide bonds. The van der Waals surface area contributed by atoms with Crippen LogP contribution in [0.4, 0.5) is 5.69 Å². The number of allylic oxidation sites excluding steroid dienone is 1. The number of ether oxygens (including phenoxy) is 1. The number of carbonyl (C=O) groups is 2. The van der Waals surface area contributed by atoms with Crippen LogP contribution in [0.15, 0.2) is 97.1 Å². The molecule has 3 fully saturated rings. The van der Waals surface area contributed by atoms with E-state index in [1.807, 2.05) is 12.1 Å². The third-order valence-electron chi connectivity index (χ3n) is 12.4. The number of piperidine rings is 3. The number of phenols is 1. The zero-order chi connectivity index (χ0) is 37.7. The number of nitrogens with one attached hydrogen (secondary N) is 1. The fourth-order valence-electron chi connectivity index (χ4n) is 9.17. The molecule has 4 aliphatic heterocycles. The summed E-state index contributed by atoms with van der Waals surface area (Å²) in [6.07, 6.45) is 6.69. The Morgan fingerprint density at radius 3 is 2.11 bits per heavy atom. The molecule has 4 aromatic carbocycles. The molecular weight excluding hydrogens is 685 g/mol. The second-order valence-corrected chi connectivity index (χ2v) is 16.0. The summed E-state index contributed by atoms with van der Waals surface area (Å²) in [5.74, 6) is 2.17. The van der Waals surface area contributed by atoms with Gasteiger partial charge >= 0.3 is 0 Å². The Bertz CT molecular complexity index is 1980. The van der Waals surface area contributed by atoms with Crippen LogP contribution in [-0.2, 0) is 22.7 Å². The molecule has 8 heteroatoms. The first kappa shape index (κ1) is 37.0. The molecule has 4 heterocycles. The van der Waals surface area contributed by atoms with Crippen molar-refractivity contribution in [2.24, 2.45) is 11.8 Å². The molecule has 0 radical (unpaired) electrons. The molecule has 0 saturated carbocycles. The molecule has 0 aromatic heterocycles. The molecule has 2 N–H and O–H groups in total. The van der Waals surface area contributed by atoms with Gasteiger partial charge in [-0.05, 0) is 139 Å². The summed E-state index contributed by atoms with van der Waals surface area (Å²) in [6, 6.07) is 33.5. The summed E-state index contributed by atoms with van der Waals surface area (Å²) >= 11 is 0. The van der Waals surface area contributed by atoms with E-state index in [4.69, 9.17) is 4.74 Å². The molecule has 8 rings (SSSR count). The topological polar surface area (TPSA) is 85.3 Å². The van der Waals surface area contributed by atoms with Crippen molar-refractivity contribution in [3.05, 3.63) is 125 Å². The lowest BCUT2D eigenvalue weighted by Gasteiger charge is -2.38. The molecule has 1 unspecified atom stereocenters. The fraction of sp³-hybridized carbons (Fsp3) is 0.404. The Morgan fingerprint density at radius 1 is 0.745 bits per heavy atom. The molecule has 3 saturated heterocycles. The summed E-state index contributed by atoms with van der Waals surface area (Å²) in [7, 11) is 0. The van der Waals surface area contributed by atoms with Gasteiger partial charge in [0, 0.05) is 44.8 Å². The number of phenolic OH excluding ortho intramolecular Hbond substituents is 1. The first-order valence-electron chi connectivity index (χ1n) is 20.4. The Balaban J connectivity index is 0.799. The van der Waals surface area contributed by atoms with E-state index in [0.29, 0.717) is 18.8 Å². The fourth-order valence-corrected chi connectivity index (χ4v) is 9.17. The van der Waals surface area contributed by atoms with Crippen LogP contribution in [0.3, 0.4) is 0 Å². The number of nitrogens with zero attached hydrogens (tertiary/aromatic N) is 3. The number of rotatable bonds is 11. The van der Waals surface area contributed by atoms with Crippen molar-refractivity contribution in [3.8, 4) is 11.5 Å². The molecule has 286 valence electrons. The van der Waals surface area contributed by atoms with Crippen molar-refractivity contribution in [2.75, 3.05) is 44.2 Å². The number of fused-ring (bicyclic) bond motifs is 1. The van der Waals surface area contributed by atoms with Crippen LogP contribution in [0.25, 0.3) is 11.1 Å². The molecular formula is C47H54N4O4. The number of likely N-dealkylation sites (tertiary alicyclic amines) is 1.